The predicted molar refractivity (Wildman–Crippen MR) is 68.6 cm³/mol. The Morgan fingerprint density at radius 2 is 1.90 bits per heavy atom. The van der Waals surface area contributed by atoms with Crippen LogP contribution in [0.4, 0.5) is 17.6 Å². The summed E-state index contributed by atoms with van der Waals surface area (Å²) in [4.78, 5) is 1.40. The fourth-order valence-corrected chi connectivity index (χ4v) is 2.30. The van der Waals surface area contributed by atoms with E-state index in [0.717, 1.165) is 12.8 Å². The zero-order valence-electron chi connectivity index (χ0n) is 11.0. The van der Waals surface area contributed by atoms with Gasteiger partial charge in [0, 0.05) is 24.2 Å². The Morgan fingerprint density at radius 3 is 2.45 bits per heavy atom. The van der Waals surface area contributed by atoms with Gasteiger partial charge in [0.05, 0.1) is 6.54 Å². The van der Waals surface area contributed by atoms with Crippen LogP contribution in [0.1, 0.15) is 30.9 Å². The van der Waals surface area contributed by atoms with E-state index in [-0.39, 0.29) is 12.6 Å². The van der Waals surface area contributed by atoms with Gasteiger partial charge in [-0.3, -0.25) is 4.90 Å². The van der Waals surface area contributed by atoms with E-state index in [0.29, 0.717) is 12.0 Å². The lowest BCUT2D eigenvalue weighted by molar-refractivity contribution is -0.147. The molecule has 1 aromatic rings. The van der Waals surface area contributed by atoms with E-state index >= 15 is 0 Å². The van der Waals surface area contributed by atoms with Gasteiger partial charge in [-0.15, -0.1) is 0 Å². The van der Waals surface area contributed by atoms with Crippen LogP contribution < -0.4 is 5.73 Å². The van der Waals surface area contributed by atoms with Crippen molar-refractivity contribution in [2.24, 2.45) is 5.73 Å². The van der Waals surface area contributed by atoms with E-state index in [2.05, 4.69) is 0 Å². The van der Waals surface area contributed by atoms with Crippen LogP contribution in [0, 0.1) is 5.82 Å². The molecule has 1 saturated carbocycles. The van der Waals surface area contributed by atoms with E-state index in [1.165, 1.54) is 11.0 Å². The van der Waals surface area contributed by atoms with Crippen molar-refractivity contribution >= 4 is 0 Å². The molecule has 0 radical (unpaired) electrons. The zero-order chi connectivity index (χ0) is 14.8. The largest absolute Gasteiger partial charge is 0.401 e. The summed E-state index contributed by atoms with van der Waals surface area (Å²) >= 11 is 0. The summed E-state index contributed by atoms with van der Waals surface area (Å²) in [5.41, 5.74) is 6.24. The Labute approximate surface area is 115 Å². The first-order valence-electron chi connectivity index (χ1n) is 6.67. The van der Waals surface area contributed by atoms with Gasteiger partial charge in [-0.1, -0.05) is 18.2 Å². The molecule has 0 aliphatic heterocycles. The summed E-state index contributed by atoms with van der Waals surface area (Å²) in [6.45, 7) is -0.679. The van der Waals surface area contributed by atoms with Gasteiger partial charge in [-0.2, -0.15) is 13.2 Å². The molecule has 2 N–H and O–H groups in total. The number of halogens is 4. The van der Waals surface area contributed by atoms with Gasteiger partial charge in [0.1, 0.15) is 5.82 Å². The molecule has 1 unspecified atom stereocenters. The molecule has 1 atom stereocenters. The lowest BCUT2D eigenvalue weighted by atomic mass is 10.0. The molecule has 1 aliphatic rings. The van der Waals surface area contributed by atoms with Gasteiger partial charge >= 0.3 is 6.18 Å². The van der Waals surface area contributed by atoms with Crippen LogP contribution >= 0.6 is 0 Å². The maximum Gasteiger partial charge on any atom is 0.401 e. The Balaban J connectivity index is 1.91. The zero-order valence-corrected chi connectivity index (χ0v) is 11.0. The average Bonchev–Trinajstić information content (AvgIpc) is 3.17. The molecule has 0 bridgehead atoms. The minimum atomic E-state index is -4.20. The lowest BCUT2D eigenvalue weighted by Gasteiger charge is -2.25. The van der Waals surface area contributed by atoms with E-state index in [1.807, 2.05) is 0 Å². The van der Waals surface area contributed by atoms with Crippen LogP contribution in [0.15, 0.2) is 24.3 Å². The number of hydrogen-bond donors (Lipinski definition) is 1. The maximum atomic E-state index is 13.5. The van der Waals surface area contributed by atoms with Crippen LogP contribution in [0.2, 0.25) is 0 Å². The second-order valence-corrected chi connectivity index (χ2v) is 5.23. The van der Waals surface area contributed by atoms with Crippen LogP contribution in [-0.2, 0) is 0 Å². The number of nitrogens with two attached hydrogens (primary N) is 1. The van der Waals surface area contributed by atoms with Crippen molar-refractivity contribution in [3.63, 3.8) is 0 Å². The molecule has 6 heteroatoms. The minimum absolute atomic E-state index is 0.00412. The third-order valence-electron chi connectivity index (χ3n) is 3.48. The molecule has 0 spiro atoms. The molecule has 1 fully saturated rings. The molecule has 2 nitrogen and oxygen atoms in total. The molecule has 20 heavy (non-hydrogen) atoms. The van der Waals surface area contributed by atoms with Crippen LogP contribution in [0.25, 0.3) is 0 Å². The summed E-state index contributed by atoms with van der Waals surface area (Å²) in [6.07, 6.45) is -2.30. The van der Waals surface area contributed by atoms with E-state index in [9.17, 15) is 17.6 Å². The minimum Gasteiger partial charge on any atom is -0.324 e. The number of hydrogen-bond acceptors (Lipinski definition) is 2. The lowest BCUT2D eigenvalue weighted by Crippen LogP contribution is -2.37. The summed E-state index contributed by atoms with van der Waals surface area (Å²) in [7, 11) is 0. The van der Waals surface area contributed by atoms with Crippen LogP contribution in [-0.4, -0.2) is 30.2 Å². The molecule has 0 amide bonds. The van der Waals surface area contributed by atoms with E-state index in [1.54, 1.807) is 18.2 Å². The molecular weight excluding hydrogens is 272 g/mol. The normalized spacial score (nSPS) is 17.5. The van der Waals surface area contributed by atoms with E-state index in [4.69, 9.17) is 5.73 Å². The Hall–Kier alpha value is -1.14. The monoisotopic (exact) mass is 290 g/mol. The van der Waals surface area contributed by atoms with Crippen molar-refractivity contribution in [2.45, 2.75) is 37.5 Å². The predicted octanol–water partition coefficient (Wildman–Crippen LogP) is 3.24. The molecule has 0 saturated heterocycles. The summed E-state index contributed by atoms with van der Waals surface area (Å²) < 4.78 is 51.0. The highest BCUT2D eigenvalue weighted by Gasteiger charge is 2.37. The summed E-state index contributed by atoms with van der Waals surface area (Å²) in [5, 5.41) is 0. The number of alkyl halides is 3. The molecule has 1 aromatic carbocycles. The number of nitrogens with zero attached hydrogens (tertiary/aromatic N) is 1. The number of benzene rings is 1. The summed E-state index contributed by atoms with van der Waals surface area (Å²) in [6, 6.07) is 5.54. The Morgan fingerprint density at radius 1 is 1.25 bits per heavy atom. The molecule has 1 aliphatic carbocycles. The average molecular weight is 290 g/mol. The van der Waals surface area contributed by atoms with Crippen LogP contribution in [0.3, 0.4) is 0 Å². The maximum absolute atomic E-state index is 13.5. The van der Waals surface area contributed by atoms with Gasteiger partial charge in [-0.25, -0.2) is 4.39 Å². The van der Waals surface area contributed by atoms with Gasteiger partial charge in [0.25, 0.3) is 0 Å². The van der Waals surface area contributed by atoms with Gasteiger partial charge in [0.15, 0.2) is 0 Å². The van der Waals surface area contributed by atoms with Crippen molar-refractivity contribution in [1.82, 2.24) is 4.90 Å². The fraction of sp³-hybridized carbons (Fsp3) is 0.571. The van der Waals surface area contributed by atoms with Crippen LogP contribution in [0.5, 0.6) is 0 Å². The van der Waals surface area contributed by atoms with Crippen molar-refractivity contribution in [3.05, 3.63) is 35.6 Å². The van der Waals surface area contributed by atoms with Gasteiger partial charge in [0.2, 0.25) is 0 Å². The van der Waals surface area contributed by atoms with Crippen molar-refractivity contribution < 1.29 is 17.6 Å². The molecule has 0 aromatic heterocycles. The fourth-order valence-electron chi connectivity index (χ4n) is 2.30. The highest BCUT2D eigenvalue weighted by molar-refractivity contribution is 5.20. The highest BCUT2D eigenvalue weighted by atomic mass is 19.4. The first-order valence-corrected chi connectivity index (χ1v) is 6.67. The standard InChI is InChI=1S/C14H18F4N2/c15-12-4-2-1-3-11(12)13(19)7-8-20(10-5-6-10)9-14(16,17)18/h1-4,10,13H,5-9,19H2. The molecule has 0 heterocycles. The highest BCUT2D eigenvalue weighted by Crippen LogP contribution is 2.31. The van der Waals surface area contributed by atoms with Crippen molar-refractivity contribution in [1.29, 1.82) is 0 Å². The molecular formula is C14H18F4N2. The smallest absolute Gasteiger partial charge is 0.324 e. The first-order chi connectivity index (χ1) is 9.37. The van der Waals surface area contributed by atoms with Gasteiger partial charge < -0.3 is 5.73 Å². The Bertz CT molecular complexity index is 443. The SMILES string of the molecule is NC(CCN(CC(F)(F)F)C1CC1)c1ccccc1F. The van der Waals surface area contributed by atoms with Gasteiger partial charge in [-0.05, 0) is 25.3 Å². The Kier molecular flexibility index (Phi) is 4.65. The third-order valence-corrected chi connectivity index (χ3v) is 3.48. The summed E-state index contributed by atoms with van der Waals surface area (Å²) in [5.74, 6) is -0.409. The molecule has 112 valence electrons. The third kappa shape index (κ3) is 4.45. The molecule has 2 rings (SSSR count). The second kappa shape index (κ2) is 6.10. The number of rotatable bonds is 6. The first kappa shape index (κ1) is 15.3. The van der Waals surface area contributed by atoms with E-state index < -0.39 is 24.6 Å². The van der Waals surface area contributed by atoms with Crippen molar-refractivity contribution in [3.8, 4) is 0 Å². The quantitative estimate of drug-likeness (QED) is 0.815. The van der Waals surface area contributed by atoms with Crippen molar-refractivity contribution in [2.75, 3.05) is 13.1 Å². The second-order valence-electron chi connectivity index (χ2n) is 5.23. The topological polar surface area (TPSA) is 29.3 Å².